The van der Waals surface area contributed by atoms with E-state index < -0.39 is 0 Å². The first-order valence-corrected chi connectivity index (χ1v) is 6.82. The monoisotopic (exact) mass is 278 g/mol. The average Bonchev–Trinajstić information content (AvgIpc) is 2.30. The van der Waals surface area contributed by atoms with Gasteiger partial charge in [-0.25, -0.2) is 0 Å². The van der Waals surface area contributed by atoms with Crippen molar-refractivity contribution in [2.24, 2.45) is 0 Å². The van der Waals surface area contributed by atoms with Gasteiger partial charge in [0.25, 0.3) is 0 Å². The molecule has 0 N–H and O–H groups in total. The van der Waals surface area contributed by atoms with Crippen LogP contribution < -0.4 is 0 Å². The van der Waals surface area contributed by atoms with Crippen LogP contribution in [0, 0.1) is 13.8 Å². The number of halogens is 2. The van der Waals surface area contributed by atoms with E-state index in [2.05, 4.69) is 24.3 Å². The number of rotatable bonds is 3. The molecule has 0 saturated carbocycles. The molecular formula is C16H16Cl2. The molecule has 2 aromatic carbocycles. The van der Waals surface area contributed by atoms with Crippen LogP contribution in [0.4, 0.5) is 0 Å². The second kappa shape index (κ2) is 5.77. The molecule has 0 aromatic heterocycles. The lowest BCUT2D eigenvalue weighted by atomic mass is 10.0. The van der Waals surface area contributed by atoms with Gasteiger partial charge in [-0.2, -0.15) is 0 Å². The van der Waals surface area contributed by atoms with Gasteiger partial charge in [0.05, 0.1) is 0 Å². The Kier molecular flexibility index (Phi) is 4.31. The summed E-state index contributed by atoms with van der Waals surface area (Å²) in [5, 5.41) is 1.69. The van der Waals surface area contributed by atoms with Gasteiger partial charge in [-0.05, 0) is 61.1 Å². The number of benzene rings is 2. The molecule has 2 aromatic rings. The third-order valence-corrected chi connectivity index (χ3v) is 3.78. The Morgan fingerprint density at radius 3 is 1.44 bits per heavy atom. The predicted molar refractivity (Wildman–Crippen MR) is 79.8 cm³/mol. The van der Waals surface area contributed by atoms with Crippen LogP contribution in [-0.2, 0) is 12.8 Å². The summed E-state index contributed by atoms with van der Waals surface area (Å²) in [4.78, 5) is 0. The molecule has 0 aliphatic heterocycles. The van der Waals surface area contributed by atoms with E-state index in [0.717, 1.165) is 22.9 Å². The largest absolute Gasteiger partial charge is 0.0840 e. The molecular weight excluding hydrogens is 263 g/mol. The molecule has 0 unspecified atom stereocenters. The van der Waals surface area contributed by atoms with Gasteiger partial charge in [0.2, 0.25) is 0 Å². The minimum atomic E-state index is 0.846. The van der Waals surface area contributed by atoms with Crippen LogP contribution in [0.25, 0.3) is 0 Å². The number of hydrogen-bond donors (Lipinski definition) is 0. The minimum absolute atomic E-state index is 0.846. The molecule has 0 fully saturated rings. The van der Waals surface area contributed by atoms with Gasteiger partial charge in [0.15, 0.2) is 0 Å². The topological polar surface area (TPSA) is 0 Å². The summed E-state index contributed by atoms with van der Waals surface area (Å²) in [7, 11) is 0. The van der Waals surface area contributed by atoms with E-state index in [1.807, 2.05) is 26.0 Å². The summed E-state index contributed by atoms with van der Waals surface area (Å²) >= 11 is 12.5. The summed E-state index contributed by atoms with van der Waals surface area (Å²) < 4.78 is 0. The van der Waals surface area contributed by atoms with Crippen molar-refractivity contribution in [1.82, 2.24) is 0 Å². The summed E-state index contributed by atoms with van der Waals surface area (Å²) in [5.74, 6) is 0. The quantitative estimate of drug-likeness (QED) is 0.706. The van der Waals surface area contributed by atoms with Gasteiger partial charge in [0.1, 0.15) is 0 Å². The van der Waals surface area contributed by atoms with Gasteiger partial charge in [-0.1, -0.05) is 47.5 Å². The fourth-order valence-electron chi connectivity index (χ4n) is 1.98. The van der Waals surface area contributed by atoms with Crippen molar-refractivity contribution < 1.29 is 0 Å². The van der Waals surface area contributed by atoms with Crippen molar-refractivity contribution in [3.8, 4) is 0 Å². The number of hydrogen-bond acceptors (Lipinski definition) is 0. The van der Waals surface area contributed by atoms with Crippen LogP contribution in [0.5, 0.6) is 0 Å². The second-order valence-electron chi connectivity index (χ2n) is 4.69. The molecule has 0 saturated heterocycles. The van der Waals surface area contributed by atoms with E-state index in [0.29, 0.717) is 0 Å². The normalized spacial score (nSPS) is 10.7. The molecule has 0 spiro atoms. The Morgan fingerprint density at radius 2 is 1.11 bits per heavy atom. The van der Waals surface area contributed by atoms with Crippen molar-refractivity contribution in [3.63, 3.8) is 0 Å². The van der Waals surface area contributed by atoms with E-state index in [1.54, 1.807) is 0 Å². The smallest absolute Gasteiger partial charge is 0.0440 e. The lowest BCUT2D eigenvalue weighted by molar-refractivity contribution is 0.958. The molecule has 0 radical (unpaired) electrons. The van der Waals surface area contributed by atoms with Crippen LogP contribution in [-0.4, -0.2) is 0 Å². The predicted octanol–water partition coefficient (Wildman–Crippen LogP) is 5.40. The molecule has 2 rings (SSSR count). The second-order valence-corrected chi connectivity index (χ2v) is 5.50. The molecule has 0 aliphatic rings. The van der Waals surface area contributed by atoms with Crippen LogP contribution in [0.3, 0.4) is 0 Å². The zero-order valence-electron chi connectivity index (χ0n) is 10.6. The summed E-state index contributed by atoms with van der Waals surface area (Å²) in [6, 6.07) is 12.4. The number of aryl methyl sites for hydroxylation is 4. The average molecular weight is 279 g/mol. The molecule has 0 bridgehead atoms. The van der Waals surface area contributed by atoms with E-state index in [9.17, 15) is 0 Å². The Balaban J connectivity index is 2.11. The first kappa shape index (κ1) is 13.5. The molecule has 18 heavy (non-hydrogen) atoms. The van der Waals surface area contributed by atoms with E-state index in [4.69, 9.17) is 23.2 Å². The van der Waals surface area contributed by atoms with Crippen molar-refractivity contribution in [1.29, 1.82) is 0 Å². The van der Waals surface area contributed by atoms with Gasteiger partial charge in [-0.15, -0.1) is 0 Å². The van der Waals surface area contributed by atoms with Crippen molar-refractivity contribution in [2.45, 2.75) is 26.7 Å². The Bertz CT molecular complexity index is 508. The first-order valence-electron chi connectivity index (χ1n) is 6.06. The van der Waals surface area contributed by atoms with Gasteiger partial charge >= 0.3 is 0 Å². The molecule has 0 aliphatic carbocycles. The minimum Gasteiger partial charge on any atom is -0.0840 e. The molecule has 0 atom stereocenters. The van der Waals surface area contributed by atoms with Crippen LogP contribution in [0.1, 0.15) is 22.3 Å². The highest BCUT2D eigenvalue weighted by Gasteiger charge is 2.04. The fourth-order valence-corrected chi connectivity index (χ4v) is 2.64. The highest BCUT2D eigenvalue weighted by atomic mass is 35.5. The summed E-state index contributed by atoms with van der Waals surface area (Å²) in [6.07, 6.45) is 1.84. The maximum absolute atomic E-state index is 6.23. The molecule has 0 nitrogen and oxygen atoms in total. The van der Waals surface area contributed by atoms with Crippen molar-refractivity contribution in [3.05, 3.63) is 68.7 Å². The zero-order valence-corrected chi connectivity index (χ0v) is 12.1. The molecule has 0 amide bonds. The zero-order chi connectivity index (χ0) is 13.1. The van der Waals surface area contributed by atoms with Crippen molar-refractivity contribution >= 4 is 23.2 Å². The van der Waals surface area contributed by atoms with Crippen LogP contribution in [0.2, 0.25) is 10.0 Å². The standard InChI is InChI=1S/C16H16Cl2/c1-11-3-5-13(15(17)9-11)7-8-14-6-4-12(2)10-16(14)18/h3-6,9-10H,7-8H2,1-2H3. The maximum atomic E-state index is 6.23. The Labute approximate surface area is 119 Å². The molecule has 94 valence electrons. The van der Waals surface area contributed by atoms with Crippen LogP contribution in [0.15, 0.2) is 36.4 Å². The van der Waals surface area contributed by atoms with Crippen molar-refractivity contribution in [2.75, 3.05) is 0 Å². The van der Waals surface area contributed by atoms with Crippen LogP contribution >= 0.6 is 23.2 Å². The lowest BCUT2D eigenvalue weighted by Crippen LogP contribution is -1.94. The highest BCUT2D eigenvalue weighted by molar-refractivity contribution is 6.31. The first-order chi connectivity index (χ1) is 8.56. The van der Waals surface area contributed by atoms with E-state index in [1.165, 1.54) is 22.3 Å². The fraction of sp³-hybridized carbons (Fsp3) is 0.250. The summed E-state index contributed by atoms with van der Waals surface area (Å²) in [6.45, 7) is 4.10. The van der Waals surface area contributed by atoms with E-state index >= 15 is 0 Å². The third-order valence-electron chi connectivity index (χ3n) is 3.08. The lowest BCUT2D eigenvalue weighted by Gasteiger charge is -2.07. The highest BCUT2D eigenvalue weighted by Crippen LogP contribution is 2.23. The third kappa shape index (κ3) is 3.28. The Morgan fingerprint density at radius 1 is 0.722 bits per heavy atom. The van der Waals surface area contributed by atoms with Gasteiger partial charge in [-0.3, -0.25) is 0 Å². The van der Waals surface area contributed by atoms with Gasteiger partial charge in [0, 0.05) is 10.0 Å². The van der Waals surface area contributed by atoms with Gasteiger partial charge < -0.3 is 0 Å². The maximum Gasteiger partial charge on any atom is 0.0440 e. The molecule has 2 heteroatoms. The summed E-state index contributed by atoms with van der Waals surface area (Å²) in [5.41, 5.74) is 4.74. The SMILES string of the molecule is Cc1ccc(CCc2ccc(C)cc2Cl)c(Cl)c1. The molecule has 0 heterocycles. The van der Waals surface area contributed by atoms with E-state index in [-0.39, 0.29) is 0 Å². The Hall–Kier alpha value is -0.980.